The number of aliphatic hydroxyl groups excluding tert-OH is 2. The molecule has 6 rings (SSSR count). The average Bonchev–Trinajstić information content (AvgIpc) is 4.24. The zero-order chi connectivity index (χ0) is 55.9. The van der Waals surface area contributed by atoms with Gasteiger partial charge in [-0.2, -0.15) is 0 Å². The van der Waals surface area contributed by atoms with E-state index in [-0.39, 0.29) is 46.1 Å². The van der Waals surface area contributed by atoms with E-state index in [2.05, 4.69) is 56.9 Å². The number of ether oxygens (including phenoxy) is 9. The Morgan fingerprint density at radius 1 is 0.811 bits per heavy atom. The molecule has 0 saturated carbocycles. The normalized spacial score (nSPS) is 13.6. The number of hydrogen-bond donors (Lipinski definition) is 6. The molecular weight excluding hydrogens is 1080 g/mol. The molecule has 2 aromatic carbocycles. The summed E-state index contributed by atoms with van der Waals surface area (Å²) in [6.45, 7) is 6.25. The molecule has 2 aromatic heterocycles. The number of methoxy groups -OCH3 is 1. The standard InChI is InChI=1S/C13H20N2O6.C11H10O6.C7H5ClO2.C6H10N2O.C4H6O4.CH3B2.CH4FP.H5P3/c1-3-9(16)8-20-13(18)15-7-11-5-4-10(21-11)6-14-12(17)19-2;12-10(16-8-4-2-1-3-5-8)14-6-9-7-15-11(13)17-9;8-7(9)10-6-4-2-1-3-5-6;7-3-5-1-2-6(4-8)9-5;5-1-3-2-7-4(6)8-3;3*1-3-2/h4-5,9,16H,3,6-8H2,1-2H3,(H,14,17)(H,15,18);1-5,9H,6-7H2;1-5H;1-2H,3-4,7-8H2;3,5H,1-2H2;1H3;3H,1H3;3H,1-2H2. The third-order valence-corrected chi connectivity index (χ3v) is 7.57. The van der Waals surface area contributed by atoms with Gasteiger partial charge in [-0.15, -0.1) is 24.7 Å². The maximum Gasteiger partial charge on any atom is 0.513 e. The molecule has 31 heteroatoms. The number of carbonyl (C=O) groups excluding carboxylic acids is 6. The fraction of sp³-hybridized carbons (Fsp3) is 0.395. The Hall–Kier alpha value is -5.27. The van der Waals surface area contributed by atoms with E-state index in [9.17, 15) is 38.1 Å². The third kappa shape index (κ3) is 40.2. The zero-order valence-electron chi connectivity index (χ0n) is 40.9. The number of alkyl carbamates (subject to hydrolysis) is 2. The lowest BCUT2D eigenvalue weighted by Gasteiger charge is -2.09. The molecule has 2 fully saturated rings. The van der Waals surface area contributed by atoms with Gasteiger partial charge < -0.3 is 83.8 Å². The predicted molar refractivity (Wildman–Crippen MR) is 284 cm³/mol. The number of nitrogens with two attached hydrogens (primary N) is 2. The molecule has 74 heavy (non-hydrogen) atoms. The summed E-state index contributed by atoms with van der Waals surface area (Å²) in [5.74, 6) is 3.47. The SMILES string of the molecule is CCC(O)COC(=O)NCc1ccc(CNC(=O)OC)o1.CPF.NCc1ccc(CN)o1.O=C(Cl)Oc1ccccc1.O=C(OCC1COC(=O)O1)Oc1ccccc1.O=C1OCC(CO)O1.PPP.[B][B]C. The Bertz CT molecular complexity index is 2070. The van der Waals surface area contributed by atoms with Gasteiger partial charge in [0, 0.05) is 19.3 Å². The molecule has 2 saturated heterocycles. The van der Waals surface area contributed by atoms with Crippen molar-refractivity contribution in [2.75, 3.05) is 46.8 Å². The van der Waals surface area contributed by atoms with Crippen molar-refractivity contribution in [3.8, 4) is 11.5 Å². The van der Waals surface area contributed by atoms with E-state index in [0.29, 0.717) is 42.5 Å². The Kier molecular flexibility index (Phi) is 45.4. The van der Waals surface area contributed by atoms with Crippen LogP contribution in [0.25, 0.3) is 0 Å². The average molecular weight is 1140 g/mol. The van der Waals surface area contributed by atoms with Crippen LogP contribution in [0.2, 0.25) is 6.82 Å². The van der Waals surface area contributed by atoms with Crippen molar-refractivity contribution >= 4 is 97.3 Å². The first-order valence-electron chi connectivity index (χ1n) is 21.5. The number of hydrogen-bond acceptors (Lipinski definition) is 21. The topological polar surface area (TPSA) is 328 Å². The van der Waals surface area contributed by atoms with Gasteiger partial charge in [-0.3, -0.25) is 0 Å². The Labute approximate surface area is 443 Å². The summed E-state index contributed by atoms with van der Waals surface area (Å²) in [4.78, 5) is 64.2. The summed E-state index contributed by atoms with van der Waals surface area (Å²) in [5, 5.41) is 22.5. The van der Waals surface area contributed by atoms with Crippen LogP contribution in [0.5, 0.6) is 11.5 Å². The first-order valence-corrected chi connectivity index (χ1v) is 27.9. The quantitative estimate of drug-likeness (QED) is 0.0181. The number of cyclic esters (lactones) is 4. The number of nitrogens with one attached hydrogen (secondary N) is 2. The maximum atomic E-state index is 11.3. The number of aliphatic hydroxyl groups is 2. The summed E-state index contributed by atoms with van der Waals surface area (Å²) in [5.41, 5.74) is 9.75. The fourth-order valence-corrected chi connectivity index (χ4v) is 4.33. The monoisotopic (exact) mass is 1140 g/mol. The second kappa shape index (κ2) is 47.4. The van der Waals surface area contributed by atoms with Crippen molar-refractivity contribution in [3.63, 3.8) is 0 Å². The highest BCUT2D eigenvalue weighted by atomic mass is 35.5. The molecule has 8 N–H and O–H groups in total. The molecule has 0 bridgehead atoms. The van der Waals surface area contributed by atoms with Crippen LogP contribution in [-0.4, -0.2) is 126 Å². The van der Waals surface area contributed by atoms with E-state index >= 15 is 0 Å². The highest BCUT2D eigenvalue weighted by molar-refractivity contribution is 8.33. The molecule has 0 aliphatic carbocycles. The van der Waals surface area contributed by atoms with E-state index in [0.717, 1.165) is 19.5 Å². The van der Waals surface area contributed by atoms with Crippen LogP contribution in [-0.2, 0) is 59.3 Å². The molecule has 4 heterocycles. The maximum absolute atomic E-state index is 11.3. The van der Waals surface area contributed by atoms with E-state index < -0.39 is 63.3 Å². The van der Waals surface area contributed by atoms with Crippen LogP contribution < -0.4 is 31.6 Å². The number of amides is 2. The molecule has 0 spiro atoms. The number of halogens is 2. The highest BCUT2D eigenvalue weighted by Gasteiger charge is 2.26. The number of para-hydroxylation sites is 2. The van der Waals surface area contributed by atoms with Crippen molar-refractivity contribution in [2.24, 2.45) is 11.5 Å². The summed E-state index contributed by atoms with van der Waals surface area (Å²) in [7, 11) is 13.1. The Balaban J connectivity index is 0. The van der Waals surface area contributed by atoms with Gasteiger partial charge in [-0.25, -0.2) is 33.0 Å². The van der Waals surface area contributed by atoms with Crippen molar-refractivity contribution < 1.29 is 94.6 Å². The van der Waals surface area contributed by atoms with Crippen LogP contribution in [0.3, 0.4) is 0 Å². The van der Waals surface area contributed by atoms with E-state index in [1.165, 1.54) is 20.9 Å². The van der Waals surface area contributed by atoms with E-state index in [1.54, 1.807) is 80.5 Å². The third-order valence-electron chi connectivity index (χ3n) is 7.49. The smallest absolute Gasteiger partial charge is 0.463 e. The minimum atomic E-state index is -0.848. The Morgan fingerprint density at radius 2 is 1.23 bits per heavy atom. The minimum absolute atomic E-state index is 0.0468. The second-order valence-electron chi connectivity index (χ2n) is 13.1. The largest absolute Gasteiger partial charge is 0.513 e. The van der Waals surface area contributed by atoms with Gasteiger partial charge in [0.05, 0.1) is 62.1 Å². The number of rotatable bonds is 14. The van der Waals surface area contributed by atoms with Gasteiger partial charge in [0.2, 0.25) is 0 Å². The lowest BCUT2D eigenvalue weighted by molar-refractivity contribution is 0.0507. The van der Waals surface area contributed by atoms with Crippen molar-refractivity contribution in [2.45, 2.75) is 64.7 Å². The van der Waals surface area contributed by atoms with Gasteiger partial charge in [-0.1, -0.05) is 51.3 Å². The van der Waals surface area contributed by atoms with Gasteiger partial charge >= 0.3 is 36.1 Å². The first-order chi connectivity index (χ1) is 35.5. The summed E-state index contributed by atoms with van der Waals surface area (Å²) in [6.07, 6.45) is -4.62. The molecule has 4 aromatic rings. The van der Waals surface area contributed by atoms with Crippen LogP contribution in [0.15, 0.2) is 93.8 Å². The summed E-state index contributed by atoms with van der Waals surface area (Å²) >= 11 is 4.95. The second-order valence-corrected chi connectivity index (χ2v) is 18.1. The lowest BCUT2D eigenvalue weighted by Crippen LogP contribution is -2.27. The predicted octanol–water partition coefficient (Wildman–Crippen LogP) is 7.25. The van der Waals surface area contributed by atoms with Crippen LogP contribution in [0, 0.1) is 0 Å². The molecular formula is C43H63B2ClFN4O19P4. The molecule has 2 aliphatic heterocycles. The summed E-state index contributed by atoms with van der Waals surface area (Å²) in [6, 6.07) is 24.2. The zero-order valence-corrected chi connectivity index (χ0v) is 46.0. The molecule has 3 radical (unpaired) electrons. The van der Waals surface area contributed by atoms with E-state index in [4.69, 9.17) is 59.0 Å². The van der Waals surface area contributed by atoms with Gasteiger partial charge in [0.15, 0.2) is 12.2 Å². The molecule has 6 unspecified atom stereocenters. The van der Waals surface area contributed by atoms with Crippen molar-refractivity contribution in [1.82, 2.24) is 10.6 Å². The summed E-state index contributed by atoms with van der Waals surface area (Å²) < 4.78 is 62.2. The van der Waals surface area contributed by atoms with Gasteiger partial charge in [0.1, 0.15) is 61.0 Å². The molecule has 6 atom stereocenters. The minimum Gasteiger partial charge on any atom is -0.463 e. The lowest BCUT2D eigenvalue weighted by atomic mass is 9.59. The van der Waals surface area contributed by atoms with Crippen LogP contribution in [0.1, 0.15) is 36.4 Å². The molecule has 409 valence electrons. The van der Waals surface area contributed by atoms with Crippen molar-refractivity contribution in [3.05, 3.63) is 108 Å². The first kappa shape index (κ1) is 70.8. The number of carbonyl (C=O) groups is 6. The van der Waals surface area contributed by atoms with Crippen molar-refractivity contribution in [1.29, 1.82) is 0 Å². The molecule has 2 amide bonds. The molecule has 23 nitrogen and oxygen atoms in total. The fourth-order valence-electron chi connectivity index (χ4n) is 4.24. The number of furan rings is 2. The van der Waals surface area contributed by atoms with Gasteiger partial charge in [0.25, 0.3) is 0 Å². The highest BCUT2D eigenvalue weighted by Crippen LogP contribution is 2.28. The Morgan fingerprint density at radius 3 is 1.59 bits per heavy atom. The number of benzene rings is 2. The van der Waals surface area contributed by atoms with Crippen LogP contribution in [0.4, 0.5) is 33.0 Å². The van der Waals surface area contributed by atoms with Gasteiger partial charge in [-0.05, 0) is 61.6 Å². The molecule has 2 aliphatic rings. The van der Waals surface area contributed by atoms with Crippen LogP contribution >= 0.6 is 46.3 Å². The van der Waals surface area contributed by atoms with E-state index in [1.807, 2.05) is 18.2 Å².